The van der Waals surface area contributed by atoms with Crippen LogP contribution in [0.25, 0.3) is 11.3 Å². The second kappa shape index (κ2) is 14.0. The lowest BCUT2D eigenvalue weighted by Gasteiger charge is -2.19. The average Bonchev–Trinajstić information content (AvgIpc) is 3.34. The number of nitrogens with zero attached hydrogens (tertiary/aromatic N) is 3. The van der Waals surface area contributed by atoms with Crippen LogP contribution in [-0.2, 0) is 23.2 Å². The summed E-state index contributed by atoms with van der Waals surface area (Å²) in [5.74, 6) is 1.01. The number of aliphatic hydroxyl groups is 1. The molecule has 0 spiro atoms. The summed E-state index contributed by atoms with van der Waals surface area (Å²) in [5.41, 5.74) is 3.31. The van der Waals surface area contributed by atoms with Gasteiger partial charge in [-0.1, -0.05) is 45.0 Å². The summed E-state index contributed by atoms with van der Waals surface area (Å²) in [5, 5.41) is 25.0. The summed E-state index contributed by atoms with van der Waals surface area (Å²) >= 11 is 0. The maximum absolute atomic E-state index is 13.0. The van der Waals surface area contributed by atoms with E-state index in [4.69, 9.17) is 9.72 Å². The van der Waals surface area contributed by atoms with E-state index in [0.717, 1.165) is 22.6 Å². The van der Waals surface area contributed by atoms with E-state index in [1.165, 1.54) is 13.0 Å². The first-order valence-electron chi connectivity index (χ1n) is 13.9. The Hall–Kier alpha value is -4.16. The lowest BCUT2D eigenvalue weighted by molar-refractivity contribution is -0.118. The van der Waals surface area contributed by atoms with Crippen LogP contribution in [0.4, 0.5) is 0 Å². The molecule has 0 unspecified atom stereocenters. The Labute approximate surface area is 242 Å². The number of rotatable bonds is 12. The Morgan fingerprint density at radius 1 is 1.15 bits per heavy atom. The van der Waals surface area contributed by atoms with Gasteiger partial charge < -0.3 is 25.0 Å². The number of nitrogens with one attached hydrogen (secondary N) is 2. The van der Waals surface area contributed by atoms with Crippen LogP contribution in [0.3, 0.4) is 0 Å². The second-order valence-electron chi connectivity index (χ2n) is 11.4. The Morgan fingerprint density at radius 3 is 2.44 bits per heavy atom. The molecule has 0 bridgehead atoms. The van der Waals surface area contributed by atoms with Crippen LogP contribution >= 0.6 is 0 Å². The minimum atomic E-state index is -0.313. The van der Waals surface area contributed by atoms with E-state index in [1.54, 1.807) is 12.1 Å². The number of carbonyl (C=O) groups excluding carboxylic acids is 2. The molecule has 3 N–H and O–H groups in total. The van der Waals surface area contributed by atoms with Gasteiger partial charge in [-0.2, -0.15) is 5.26 Å². The normalized spacial score (nSPS) is 12.1. The van der Waals surface area contributed by atoms with E-state index in [-0.39, 0.29) is 36.0 Å². The highest BCUT2D eigenvalue weighted by Gasteiger charge is 2.22. The Kier molecular flexibility index (Phi) is 10.7. The summed E-state index contributed by atoms with van der Waals surface area (Å²) in [6.07, 6.45) is 2.85. The van der Waals surface area contributed by atoms with Crippen LogP contribution in [0.2, 0.25) is 0 Å². The van der Waals surface area contributed by atoms with Crippen molar-refractivity contribution in [2.75, 3.05) is 13.2 Å². The van der Waals surface area contributed by atoms with Gasteiger partial charge in [0.1, 0.15) is 17.6 Å². The zero-order chi connectivity index (χ0) is 30.2. The molecule has 0 aliphatic carbocycles. The van der Waals surface area contributed by atoms with Crippen LogP contribution in [0.1, 0.15) is 75.3 Å². The van der Waals surface area contributed by atoms with Crippen molar-refractivity contribution in [2.45, 2.75) is 78.5 Å². The first-order chi connectivity index (χ1) is 19.4. The minimum Gasteiger partial charge on any atom is -0.490 e. The quantitative estimate of drug-likeness (QED) is 0.302. The molecule has 0 fully saturated rings. The van der Waals surface area contributed by atoms with Crippen molar-refractivity contribution < 1.29 is 19.4 Å². The molecule has 218 valence electrons. The topological polar surface area (TPSA) is 129 Å². The molecule has 0 aliphatic heterocycles. The lowest BCUT2D eigenvalue weighted by atomic mass is 9.95. The van der Waals surface area contributed by atoms with Crippen LogP contribution in [0.5, 0.6) is 5.75 Å². The lowest BCUT2D eigenvalue weighted by Crippen LogP contribution is -2.37. The summed E-state index contributed by atoms with van der Waals surface area (Å²) < 4.78 is 7.74. The molecule has 9 nitrogen and oxygen atoms in total. The van der Waals surface area contributed by atoms with Gasteiger partial charge in [-0.15, -0.1) is 0 Å². The first-order valence-corrected chi connectivity index (χ1v) is 13.9. The van der Waals surface area contributed by atoms with Gasteiger partial charge in [0.25, 0.3) is 5.91 Å². The monoisotopic (exact) mass is 559 g/mol. The number of imidazole rings is 1. The van der Waals surface area contributed by atoms with Crippen LogP contribution < -0.4 is 15.4 Å². The molecule has 1 heterocycles. The number of aliphatic hydroxyl groups excluding tert-OH is 1. The number of hydrogen-bond acceptors (Lipinski definition) is 6. The molecule has 3 aromatic rings. The van der Waals surface area contributed by atoms with Gasteiger partial charge in [0.05, 0.1) is 17.4 Å². The van der Waals surface area contributed by atoms with Crippen LogP contribution in [-0.4, -0.2) is 51.8 Å². The maximum atomic E-state index is 13.0. The minimum absolute atomic E-state index is 0.0602. The van der Waals surface area contributed by atoms with Crippen molar-refractivity contribution in [3.63, 3.8) is 0 Å². The molecule has 2 aromatic carbocycles. The molecule has 0 saturated heterocycles. The summed E-state index contributed by atoms with van der Waals surface area (Å²) in [6.45, 7) is 12.7. The van der Waals surface area contributed by atoms with Crippen LogP contribution in [0.15, 0.2) is 48.7 Å². The zero-order valence-corrected chi connectivity index (χ0v) is 24.8. The largest absolute Gasteiger partial charge is 0.490 e. The Morgan fingerprint density at radius 2 is 1.85 bits per heavy atom. The number of nitriles is 1. The van der Waals surface area contributed by atoms with Crippen molar-refractivity contribution in [3.05, 3.63) is 71.2 Å². The number of carbonyl (C=O) groups is 2. The SMILES string of the molecule is CC(=O)NCCn1cc(-c2ccc(C[C@@H](CCO)NC(=O)c3ccc(OC(C)C)c(C#N)c3)cc2)nc1C(C)(C)C. The predicted molar refractivity (Wildman–Crippen MR) is 159 cm³/mol. The number of aromatic nitrogens is 2. The summed E-state index contributed by atoms with van der Waals surface area (Å²) in [6, 6.07) is 14.6. The third-order valence-electron chi connectivity index (χ3n) is 6.44. The molecule has 1 atom stereocenters. The average molecular weight is 560 g/mol. The molecular formula is C32H41N5O4. The van der Waals surface area contributed by atoms with E-state index < -0.39 is 0 Å². The van der Waals surface area contributed by atoms with Crippen molar-refractivity contribution in [1.29, 1.82) is 5.26 Å². The van der Waals surface area contributed by atoms with Gasteiger partial charge in [0, 0.05) is 55.4 Å². The van der Waals surface area contributed by atoms with Gasteiger partial charge in [-0.05, 0) is 50.5 Å². The van der Waals surface area contributed by atoms with Gasteiger partial charge in [-0.25, -0.2) is 4.98 Å². The highest BCUT2D eigenvalue weighted by atomic mass is 16.5. The highest BCUT2D eigenvalue weighted by Crippen LogP contribution is 2.27. The molecule has 2 amide bonds. The van der Waals surface area contributed by atoms with Gasteiger partial charge in [0.15, 0.2) is 0 Å². The Balaban J connectivity index is 1.73. The van der Waals surface area contributed by atoms with Crippen molar-refractivity contribution in [2.24, 2.45) is 0 Å². The van der Waals surface area contributed by atoms with E-state index in [9.17, 15) is 20.0 Å². The molecule has 0 radical (unpaired) electrons. The van der Waals surface area contributed by atoms with E-state index in [1.807, 2.05) is 44.3 Å². The molecule has 3 rings (SSSR count). The fourth-order valence-corrected chi connectivity index (χ4v) is 4.54. The smallest absolute Gasteiger partial charge is 0.251 e. The van der Waals surface area contributed by atoms with Gasteiger partial charge in [-0.3, -0.25) is 9.59 Å². The number of ether oxygens (including phenoxy) is 1. The van der Waals surface area contributed by atoms with Crippen molar-refractivity contribution in [3.8, 4) is 23.1 Å². The summed E-state index contributed by atoms with van der Waals surface area (Å²) in [4.78, 5) is 29.2. The van der Waals surface area contributed by atoms with Crippen molar-refractivity contribution in [1.82, 2.24) is 20.2 Å². The third kappa shape index (κ3) is 8.92. The Bertz CT molecular complexity index is 1380. The third-order valence-corrected chi connectivity index (χ3v) is 6.44. The first kappa shape index (κ1) is 31.4. The van der Waals surface area contributed by atoms with Crippen LogP contribution in [0, 0.1) is 11.3 Å². The number of hydrogen-bond donors (Lipinski definition) is 3. The maximum Gasteiger partial charge on any atom is 0.251 e. The standard InChI is InChI=1S/C32H41N5O4/c1-21(2)41-29-12-11-25(18-26(29)19-33)30(40)35-27(13-16-38)17-23-7-9-24(10-8-23)28-20-37(15-14-34-22(3)39)31(36-28)32(4,5)6/h7-12,18,20-21,27,38H,13-17H2,1-6H3,(H,34,39)(H,35,40)/t27-/m1/s1. The molecule has 0 saturated carbocycles. The number of amides is 2. The predicted octanol–water partition coefficient (Wildman–Crippen LogP) is 4.37. The fourth-order valence-electron chi connectivity index (χ4n) is 4.54. The molecular weight excluding hydrogens is 518 g/mol. The summed E-state index contributed by atoms with van der Waals surface area (Å²) in [7, 11) is 0. The second-order valence-corrected chi connectivity index (χ2v) is 11.4. The molecule has 9 heteroatoms. The van der Waals surface area contributed by atoms with E-state index >= 15 is 0 Å². The highest BCUT2D eigenvalue weighted by molar-refractivity contribution is 5.95. The van der Waals surface area contributed by atoms with E-state index in [2.05, 4.69) is 42.0 Å². The fraction of sp³-hybridized carbons (Fsp3) is 0.438. The molecule has 41 heavy (non-hydrogen) atoms. The van der Waals surface area contributed by atoms with Crippen molar-refractivity contribution >= 4 is 11.8 Å². The zero-order valence-electron chi connectivity index (χ0n) is 24.8. The molecule has 0 aliphatic rings. The van der Waals surface area contributed by atoms with E-state index in [0.29, 0.717) is 42.8 Å². The van der Waals surface area contributed by atoms with Gasteiger partial charge >= 0.3 is 0 Å². The van der Waals surface area contributed by atoms with Gasteiger partial charge in [0.2, 0.25) is 5.91 Å². The number of benzene rings is 2. The molecule has 1 aromatic heterocycles.